The van der Waals surface area contributed by atoms with Crippen molar-refractivity contribution in [2.24, 2.45) is 12.0 Å². The van der Waals surface area contributed by atoms with E-state index >= 15 is 0 Å². The van der Waals surface area contributed by atoms with E-state index in [0.717, 1.165) is 55.4 Å². The van der Waals surface area contributed by atoms with Gasteiger partial charge in [-0.3, -0.25) is 9.67 Å². The van der Waals surface area contributed by atoms with Crippen LogP contribution in [0.15, 0.2) is 35.6 Å². The molecule has 1 aliphatic heterocycles. The molecule has 2 fully saturated rings. The van der Waals surface area contributed by atoms with Gasteiger partial charge in [0.1, 0.15) is 0 Å². The number of nitrogens with zero attached hydrogens (tertiary/aromatic N) is 4. The highest BCUT2D eigenvalue weighted by Crippen LogP contribution is 2.35. The second-order valence-corrected chi connectivity index (χ2v) is 8.25. The molecular formula is C23H33N5O2. The number of aromatic nitrogens is 2. The molecule has 0 spiro atoms. The fraction of sp³-hybridized carbons (Fsp3) is 0.565. The number of benzene rings is 1. The van der Waals surface area contributed by atoms with E-state index < -0.39 is 0 Å². The molecule has 1 aromatic carbocycles. The molecule has 4 rings (SSSR count). The summed E-state index contributed by atoms with van der Waals surface area (Å²) in [5, 5.41) is 7.86. The van der Waals surface area contributed by atoms with Gasteiger partial charge in [-0.2, -0.15) is 5.10 Å². The van der Waals surface area contributed by atoms with Gasteiger partial charge in [0.05, 0.1) is 19.4 Å². The molecule has 0 bridgehead atoms. The summed E-state index contributed by atoms with van der Waals surface area (Å²) in [6, 6.07) is 6.10. The van der Waals surface area contributed by atoms with Gasteiger partial charge in [-0.25, -0.2) is 0 Å². The van der Waals surface area contributed by atoms with E-state index in [1.165, 1.54) is 18.4 Å². The Labute approximate surface area is 179 Å². The molecule has 162 valence electrons. The van der Waals surface area contributed by atoms with Gasteiger partial charge >= 0.3 is 0 Å². The van der Waals surface area contributed by atoms with Gasteiger partial charge in [0.25, 0.3) is 0 Å². The molecule has 7 nitrogen and oxygen atoms in total. The minimum atomic E-state index is 0.290. The highest BCUT2D eigenvalue weighted by molar-refractivity contribution is 5.80. The van der Waals surface area contributed by atoms with Gasteiger partial charge in [0.2, 0.25) is 0 Å². The van der Waals surface area contributed by atoms with Gasteiger partial charge in [0.15, 0.2) is 17.5 Å². The van der Waals surface area contributed by atoms with Crippen molar-refractivity contribution in [1.82, 2.24) is 20.0 Å². The Morgan fingerprint density at radius 1 is 1.27 bits per heavy atom. The standard InChI is InChI=1S/C23H33N5O2/c1-24-23(28-12-11-18(16-28)19-14-26-27(2)15-19)25-13-17-7-6-10-21(29-3)22(17)30-20-8-4-5-9-20/h6-7,10,14-15,18,20H,4-5,8-9,11-13,16H2,1-3H3,(H,24,25). The molecule has 1 aliphatic carbocycles. The SMILES string of the molecule is CN=C(NCc1cccc(OC)c1OC1CCCC1)N1CCC(c2cnn(C)c2)C1. The molecule has 1 aromatic heterocycles. The molecule has 2 aliphatic rings. The van der Waals surface area contributed by atoms with Crippen molar-refractivity contribution in [2.75, 3.05) is 27.2 Å². The lowest BCUT2D eigenvalue weighted by molar-refractivity contribution is 0.198. The van der Waals surface area contributed by atoms with E-state index in [-0.39, 0.29) is 6.10 Å². The van der Waals surface area contributed by atoms with E-state index in [1.807, 2.05) is 37.1 Å². The van der Waals surface area contributed by atoms with Crippen LogP contribution < -0.4 is 14.8 Å². The maximum atomic E-state index is 6.37. The third kappa shape index (κ3) is 4.55. The van der Waals surface area contributed by atoms with Crippen LogP contribution in [0.4, 0.5) is 0 Å². The minimum Gasteiger partial charge on any atom is -0.493 e. The number of hydrogen-bond acceptors (Lipinski definition) is 4. The summed E-state index contributed by atoms with van der Waals surface area (Å²) in [5.74, 6) is 3.09. The number of hydrogen-bond donors (Lipinski definition) is 1. The zero-order chi connectivity index (χ0) is 20.9. The largest absolute Gasteiger partial charge is 0.493 e. The number of likely N-dealkylation sites (tertiary alicyclic amines) is 1. The van der Waals surface area contributed by atoms with E-state index in [2.05, 4.69) is 32.6 Å². The number of nitrogens with one attached hydrogen (secondary N) is 1. The van der Waals surface area contributed by atoms with Gasteiger partial charge in [-0.15, -0.1) is 0 Å². The molecule has 1 saturated heterocycles. The summed E-state index contributed by atoms with van der Waals surface area (Å²) < 4.78 is 13.8. The molecule has 1 saturated carbocycles. The molecule has 0 amide bonds. The van der Waals surface area contributed by atoms with E-state index in [0.29, 0.717) is 12.5 Å². The van der Waals surface area contributed by atoms with Gasteiger partial charge in [-0.1, -0.05) is 12.1 Å². The molecule has 30 heavy (non-hydrogen) atoms. The lowest BCUT2D eigenvalue weighted by atomic mass is 10.0. The summed E-state index contributed by atoms with van der Waals surface area (Å²) in [7, 11) is 5.52. The molecule has 7 heteroatoms. The third-order valence-corrected chi connectivity index (χ3v) is 6.20. The normalized spacial score (nSPS) is 20.0. The van der Waals surface area contributed by atoms with Crippen LogP contribution in [0.25, 0.3) is 0 Å². The monoisotopic (exact) mass is 411 g/mol. The molecule has 0 radical (unpaired) electrons. The van der Waals surface area contributed by atoms with Crippen LogP contribution in [0.2, 0.25) is 0 Å². The van der Waals surface area contributed by atoms with Crippen LogP contribution in [0.3, 0.4) is 0 Å². The number of para-hydroxylation sites is 1. The second-order valence-electron chi connectivity index (χ2n) is 8.25. The first-order chi connectivity index (χ1) is 14.7. The number of ether oxygens (including phenoxy) is 2. The summed E-state index contributed by atoms with van der Waals surface area (Å²) in [6.07, 6.45) is 10.2. The molecule has 1 N–H and O–H groups in total. The molecule has 1 unspecified atom stereocenters. The Hall–Kier alpha value is -2.70. The topological polar surface area (TPSA) is 63.9 Å². The van der Waals surface area contributed by atoms with Gasteiger partial charge in [-0.05, 0) is 43.7 Å². The Morgan fingerprint density at radius 2 is 2.10 bits per heavy atom. The molecule has 2 heterocycles. The van der Waals surface area contributed by atoms with Crippen LogP contribution in [-0.4, -0.2) is 54.0 Å². The maximum Gasteiger partial charge on any atom is 0.193 e. The molecule has 2 aromatic rings. The first-order valence-electron chi connectivity index (χ1n) is 10.9. The number of guanidine groups is 1. The van der Waals surface area contributed by atoms with Crippen LogP contribution >= 0.6 is 0 Å². The zero-order valence-corrected chi connectivity index (χ0v) is 18.3. The Balaban J connectivity index is 1.42. The fourth-order valence-corrected chi connectivity index (χ4v) is 4.55. The highest BCUT2D eigenvalue weighted by atomic mass is 16.5. The van der Waals surface area contributed by atoms with Crippen LogP contribution in [-0.2, 0) is 13.6 Å². The Bertz CT molecular complexity index is 872. The molecule has 1 atom stereocenters. The van der Waals surface area contributed by atoms with Crippen molar-refractivity contribution in [1.29, 1.82) is 0 Å². The van der Waals surface area contributed by atoms with Crippen molar-refractivity contribution in [2.45, 2.75) is 50.7 Å². The van der Waals surface area contributed by atoms with Crippen LogP contribution in [0.1, 0.15) is 49.1 Å². The number of rotatable bonds is 6. The second kappa shape index (κ2) is 9.41. The average Bonchev–Trinajstić information content (AvgIpc) is 3.51. The molecular weight excluding hydrogens is 378 g/mol. The van der Waals surface area contributed by atoms with Crippen LogP contribution in [0, 0.1) is 0 Å². The third-order valence-electron chi connectivity index (χ3n) is 6.20. The number of aryl methyl sites for hydroxylation is 1. The lowest BCUT2D eigenvalue weighted by Crippen LogP contribution is -2.39. The van der Waals surface area contributed by atoms with E-state index in [4.69, 9.17) is 9.47 Å². The first-order valence-corrected chi connectivity index (χ1v) is 10.9. The van der Waals surface area contributed by atoms with Crippen LogP contribution in [0.5, 0.6) is 11.5 Å². The fourth-order valence-electron chi connectivity index (χ4n) is 4.55. The average molecular weight is 412 g/mol. The minimum absolute atomic E-state index is 0.290. The van der Waals surface area contributed by atoms with Crippen molar-refractivity contribution in [3.8, 4) is 11.5 Å². The van der Waals surface area contributed by atoms with E-state index in [1.54, 1.807) is 7.11 Å². The number of aliphatic imine (C=N–C) groups is 1. The smallest absolute Gasteiger partial charge is 0.193 e. The van der Waals surface area contributed by atoms with Gasteiger partial charge < -0.3 is 19.7 Å². The quantitative estimate of drug-likeness (QED) is 0.584. The van der Waals surface area contributed by atoms with Crippen molar-refractivity contribution in [3.05, 3.63) is 41.7 Å². The predicted molar refractivity (Wildman–Crippen MR) is 118 cm³/mol. The van der Waals surface area contributed by atoms with Gasteiger partial charge in [0, 0.05) is 51.4 Å². The van der Waals surface area contributed by atoms with Crippen molar-refractivity contribution in [3.63, 3.8) is 0 Å². The van der Waals surface area contributed by atoms with Crippen molar-refractivity contribution < 1.29 is 9.47 Å². The summed E-state index contributed by atoms with van der Waals surface area (Å²) in [6.45, 7) is 2.59. The highest BCUT2D eigenvalue weighted by Gasteiger charge is 2.27. The zero-order valence-electron chi connectivity index (χ0n) is 18.3. The lowest BCUT2D eigenvalue weighted by Gasteiger charge is -2.23. The first kappa shape index (κ1) is 20.6. The number of methoxy groups -OCH3 is 1. The summed E-state index contributed by atoms with van der Waals surface area (Å²) in [4.78, 5) is 6.86. The Kier molecular flexibility index (Phi) is 6.45. The summed E-state index contributed by atoms with van der Waals surface area (Å²) >= 11 is 0. The predicted octanol–water partition coefficient (Wildman–Crippen LogP) is 3.32. The summed E-state index contributed by atoms with van der Waals surface area (Å²) in [5.41, 5.74) is 2.40. The maximum absolute atomic E-state index is 6.37. The van der Waals surface area contributed by atoms with Crippen molar-refractivity contribution >= 4 is 5.96 Å². The van der Waals surface area contributed by atoms with E-state index in [9.17, 15) is 0 Å². The Morgan fingerprint density at radius 3 is 2.80 bits per heavy atom.